The van der Waals surface area contributed by atoms with Crippen LogP contribution in [0.25, 0.3) is 0 Å². The van der Waals surface area contributed by atoms with Crippen LogP contribution in [0.3, 0.4) is 0 Å². The van der Waals surface area contributed by atoms with E-state index in [1.54, 1.807) is 24.3 Å². The van der Waals surface area contributed by atoms with E-state index in [0.717, 1.165) is 11.8 Å². The highest BCUT2D eigenvalue weighted by Gasteiger charge is 2.08. The van der Waals surface area contributed by atoms with Gasteiger partial charge in [-0.2, -0.15) is 5.26 Å². The first-order valence-corrected chi connectivity index (χ1v) is 5.81. The van der Waals surface area contributed by atoms with Crippen LogP contribution in [0, 0.1) is 23.0 Å². The zero-order chi connectivity index (χ0) is 13.8. The third-order valence-corrected chi connectivity index (χ3v) is 2.78. The molecular formula is C15H12F2N2. The molecule has 0 aliphatic carbocycles. The van der Waals surface area contributed by atoms with E-state index in [0.29, 0.717) is 11.1 Å². The number of anilines is 1. The number of nitrogens with zero attached hydrogens (tertiary/aromatic N) is 1. The highest BCUT2D eigenvalue weighted by molar-refractivity contribution is 5.48. The molecule has 0 aliphatic heterocycles. The minimum Gasteiger partial charge on any atom is -0.379 e. The summed E-state index contributed by atoms with van der Waals surface area (Å²) in [7, 11) is 0. The minimum absolute atomic E-state index is 0.238. The smallest absolute Gasteiger partial charge is 0.126 e. The Balaban J connectivity index is 2.15. The van der Waals surface area contributed by atoms with Crippen LogP contribution in [-0.2, 0) is 0 Å². The molecule has 0 spiro atoms. The number of hydrogen-bond donors (Lipinski definition) is 1. The fourth-order valence-corrected chi connectivity index (χ4v) is 1.80. The Morgan fingerprint density at radius 1 is 1.05 bits per heavy atom. The summed E-state index contributed by atoms with van der Waals surface area (Å²) in [6.07, 6.45) is 0. The second kappa shape index (κ2) is 5.49. The van der Waals surface area contributed by atoms with Crippen molar-refractivity contribution in [2.24, 2.45) is 0 Å². The fraction of sp³-hybridized carbons (Fsp3) is 0.133. The molecule has 19 heavy (non-hydrogen) atoms. The molecule has 2 rings (SSSR count). The first kappa shape index (κ1) is 13.0. The van der Waals surface area contributed by atoms with E-state index in [-0.39, 0.29) is 6.04 Å². The molecule has 0 aliphatic rings. The molecule has 0 heterocycles. The predicted molar refractivity (Wildman–Crippen MR) is 69.6 cm³/mol. The van der Waals surface area contributed by atoms with Gasteiger partial charge < -0.3 is 5.32 Å². The van der Waals surface area contributed by atoms with Gasteiger partial charge in [0.15, 0.2) is 0 Å². The van der Waals surface area contributed by atoms with Crippen molar-refractivity contribution in [2.75, 3.05) is 5.32 Å². The molecule has 0 saturated heterocycles. The second-order valence-electron chi connectivity index (χ2n) is 4.26. The number of nitriles is 1. The lowest BCUT2D eigenvalue weighted by atomic mass is 10.1. The van der Waals surface area contributed by atoms with Crippen LogP contribution in [0.15, 0.2) is 42.5 Å². The summed E-state index contributed by atoms with van der Waals surface area (Å²) >= 11 is 0. The monoisotopic (exact) mass is 258 g/mol. The summed E-state index contributed by atoms with van der Waals surface area (Å²) in [4.78, 5) is 0. The zero-order valence-electron chi connectivity index (χ0n) is 10.3. The van der Waals surface area contributed by atoms with Gasteiger partial charge in [-0.3, -0.25) is 0 Å². The van der Waals surface area contributed by atoms with Gasteiger partial charge in [-0.1, -0.05) is 0 Å². The maximum Gasteiger partial charge on any atom is 0.126 e. The molecule has 2 aromatic carbocycles. The molecule has 96 valence electrons. The normalized spacial score (nSPS) is 11.7. The van der Waals surface area contributed by atoms with Crippen molar-refractivity contribution in [2.45, 2.75) is 13.0 Å². The third kappa shape index (κ3) is 3.29. The van der Waals surface area contributed by atoms with Crippen molar-refractivity contribution in [3.05, 3.63) is 65.2 Å². The Morgan fingerprint density at radius 2 is 1.63 bits per heavy atom. The van der Waals surface area contributed by atoms with E-state index in [4.69, 9.17) is 5.26 Å². The first-order chi connectivity index (χ1) is 9.08. The Bertz CT molecular complexity index is 595. The lowest BCUT2D eigenvalue weighted by molar-refractivity contribution is 0.577. The number of rotatable bonds is 3. The van der Waals surface area contributed by atoms with Gasteiger partial charge in [-0.15, -0.1) is 0 Å². The average Bonchev–Trinajstić information content (AvgIpc) is 2.38. The SMILES string of the molecule is CC(Nc1ccc(C#N)cc1)c1cc(F)cc(F)c1. The molecule has 0 radical (unpaired) electrons. The van der Waals surface area contributed by atoms with Crippen LogP contribution in [0.1, 0.15) is 24.1 Å². The van der Waals surface area contributed by atoms with Crippen molar-refractivity contribution in [1.82, 2.24) is 0 Å². The van der Waals surface area contributed by atoms with Crippen molar-refractivity contribution >= 4 is 5.69 Å². The molecule has 4 heteroatoms. The maximum atomic E-state index is 13.1. The zero-order valence-corrected chi connectivity index (χ0v) is 10.3. The van der Waals surface area contributed by atoms with Crippen LogP contribution in [-0.4, -0.2) is 0 Å². The molecule has 2 aromatic rings. The maximum absolute atomic E-state index is 13.1. The van der Waals surface area contributed by atoms with Crippen molar-refractivity contribution < 1.29 is 8.78 Å². The average molecular weight is 258 g/mol. The standard InChI is InChI=1S/C15H12F2N2/c1-10(12-6-13(16)8-14(17)7-12)19-15-4-2-11(9-18)3-5-15/h2-8,10,19H,1H3. The molecule has 1 N–H and O–H groups in total. The lowest BCUT2D eigenvalue weighted by Crippen LogP contribution is -2.07. The van der Waals surface area contributed by atoms with E-state index in [2.05, 4.69) is 5.32 Å². The number of benzene rings is 2. The summed E-state index contributed by atoms with van der Waals surface area (Å²) in [6, 6.07) is 12.1. The number of nitrogens with one attached hydrogen (secondary N) is 1. The summed E-state index contributed by atoms with van der Waals surface area (Å²) in [5.74, 6) is -1.19. The van der Waals surface area contributed by atoms with Crippen LogP contribution in [0.5, 0.6) is 0 Å². The van der Waals surface area contributed by atoms with Gasteiger partial charge in [0.2, 0.25) is 0 Å². The van der Waals surface area contributed by atoms with Gasteiger partial charge in [0.25, 0.3) is 0 Å². The van der Waals surface area contributed by atoms with Gasteiger partial charge in [-0.25, -0.2) is 8.78 Å². The molecule has 0 bridgehead atoms. The van der Waals surface area contributed by atoms with Gasteiger partial charge in [0.1, 0.15) is 11.6 Å². The Hall–Kier alpha value is -2.41. The van der Waals surface area contributed by atoms with Gasteiger partial charge >= 0.3 is 0 Å². The Labute approximate surface area is 110 Å². The molecule has 0 aromatic heterocycles. The summed E-state index contributed by atoms with van der Waals surface area (Å²) in [6.45, 7) is 1.81. The third-order valence-electron chi connectivity index (χ3n) is 2.78. The minimum atomic E-state index is -0.594. The van der Waals surface area contributed by atoms with Crippen LogP contribution in [0.2, 0.25) is 0 Å². The quantitative estimate of drug-likeness (QED) is 0.902. The molecule has 2 nitrogen and oxygen atoms in total. The molecule has 1 atom stereocenters. The molecule has 0 saturated carbocycles. The Morgan fingerprint density at radius 3 is 2.16 bits per heavy atom. The first-order valence-electron chi connectivity index (χ1n) is 5.81. The second-order valence-corrected chi connectivity index (χ2v) is 4.26. The van der Waals surface area contributed by atoms with Gasteiger partial charge in [0, 0.05) is 17.8 Å². The number of hydrogen-bond acceptors (Lipinski definition) is 2. The summed E-state index contributed by atoms with van der Waals surface area (Å²) in [5.41, 5.74) is 1.88. The van der Waals surface area contributed by atoms with Crippen LogP contribution in [0.4, 0.5) is 14.5 Å². The highest BCUT2D eigenvalue weighted by atomic mass is 19.1. The molecule has 1 unspecified atom stereocenters. The fourth-order valence-electron chi connectivity index (χ4n) is 1.80. The summed E-state index contributed by atoms with van der Waals surface area (Å²) < 4.78 is 26.2. The summed E-state index contributed by atoms with van der Waals surface area (Å²) in [5, 5.41) is 11.8. The number of halogens is 2. The van der Waals surface area contributed by atoms with Crippen molar-refractivity contribution in [1.29, 1.82) is 5.26 Å². The highest BCUT2D eigenvalue weighted by Crippen LogP contribution is 2.21. The van der Waals surface area contributed by atoms with Gasteiger partial charge in [-0.05, 0) is 48.9 Å². The van der Waals surface area contributed by atoms with E-state index >= 15 is 0 Å². The lowest BCUT2D eigenvalue weighted by Gasteiger charge is -2.16. The largest absolute Gasteiger partial charge is 0.379 e. The van der Waals surface area contributed by atoms with E-state index < -0.39 is 11.6 Å². The van der Waals surface area contributed by atoms with E-state index in [1.165, 1.54) is 12.1 Å². The van der Waals surface area contributed by atoms with Crippen LogP contribution >= 0.6 is 0 Å². The van der Waals surface area contributed by atoms with Crippen molar-refractivity contribution in [3.8, 4) is 6.07 Å². The molecule has 0 amide bonds. The van der Waals surface area contributed by atoms with E-state index in [9.17, 15) is 8.78 Å². The molecule has 0 fully saturated rings. The topological polar surface area (TPSA) is 35.8 Å². The Kier molecular flexibility index (Phi) is 3.76. The van der Waals surface area contributed by atoms with Crippen molar-refractivity contribution in [3.63, 3.8) is 0 Å². The van der Waals surface area contributed by atoms with Gasteiger partial charge in [0.05, 0.1) is 11.6 Å². The molecular weight excluding hydrogens is 246 g/mol. The predicted octanol–water partition coefficient (Wildman–Crippen LogP) is 4.01. The van der Waals surface area contributed by atoms with Crippen LogP contribution < -0.4 is 5.32 Å². The van der Waals surface area contributed by atoms with E-state index in [1.807, 2.05) is 13.0 Å².